The zero-order valence-corrected chi connectivity index (χ0v) is 14.3. The van der Waals surface area contributed by atoms with E-state index < -0.39 is 0 Å². The van der Waals surface area contributed by atoms with Crippen molar-refractivity contribution >= 4 is 16.5 Å². The van der Waals surface area contributed by atoms with Crippen molar-refractivity contribution in [3.63, 3.8) is 0 Å². The lowest BCUT2D eigenvalue weighted by Gasteiger charge is -2.31. The second-order valence-corrected chi connectivity index (χ2v) is 7.88. The number of ether oxygens (including phenoxy) is 1. The standard InChI is InChI=1S/C16H27N3OS/c1-16(2)7-4-9-19(16)15-18-14(12-5-6-12)13(21-15)11-17-8-10-20-3/h12,17H,4-11H2,1-3H3. The van der Waals surface area contributed by atoms with Gasteiger partial charge in [0, 0.05) is 43.1 Å². The number of anilines is 1. The molecule has 1 aliphatic carbocycles. The maximum absolute atomic E-state index is 5.10. The molecule has 1 aromatic rings. The summed E-state index contributed by atoms with van der Waals surface area (Å²) in [6, 6.07) is 0. The Labute approximate surface area is 131 Å². The predicted molar refractivity (Wildman–Crippen MR) is 88.3 cm³/mol. The van der Waals surface area contributed by atoms with Crippen LogP contribution in [-0.4, -0.2) is 37.3 Å². The fourth-order valence-electron chi connectivity index (χ4n) is 3.11. The third kappa shape index (κ3) is 3.41. The van der Waals surface area contributed by atoms with Crippen molar-refractivity contribution in [2.75, 3.05) is 31.7 Å². The van der Waals surface area contributed by atoms with Crippen molar-refractivity contribution in [2.24, 2.45) is 0 Å². The van der Waals surface area contributed by atoms with Gasteiger partial charge in [-0.3, -0.25) is 0 Å². The largest absolute Gasteiger partial charge is 0.383 e. The number of thiazole rings is 1. The summed E-state index contributed by atoms with van der Waals surface area (Å²) in [6.45, 7) is 8.44. The third-order valence-corrected chi connectivity index (χ3v) is 5.67. The molecule has 0 radical (unpaired) electrons. The first-order valence-electron chi connectivity index (χ1n) is 8.09. The van der Waals surface area contributed by atoms with E-state index in [2.05, 4.69) is 24.1 Å². The minimum atomic E-state index is 0.263. The molecule has 1 saturated carbocycles. The van der Waals surface area contributed by atoms with E-state index in [9.17, 15) is 0 Å². The van der Waals surface area contributed by atoms with Crippen molar-refractivity contribution in [3.8, 4) is 0 Å². The van der Waals surface area contributed by atoms with Crippen molar-refractivity contribution in [3.05, 3.63) is 10.6 Å². The van der Waals surface area contributed by atoms with Crippen LogP contribution in [0, 0.1) is 0 Å². The second kappa shape index (κ2) is 6.23. The summed E-state index contributed by atoms with van der Waals surface area (Å²) in [5, 5.41) is 4.72. The molecule has 1 saturated heterocycles. The monoisotopic (exact) mass is 309 g/mol. The van der Waals surface area contributed by atoms with Crippen LogP contribution in [0.1, 0.15) is 56.0 Å². The van der Waals surface area contributed by atoms with Crippen molar-refractivity contribution < 1.29 is 4.74 Å². The number of hydrogen-bond donors (Lipinski definition) is 1. The van der Waals surface area contributed by atoms with E-state index in [1.54, 1.807) is 7.11 Å². The highest BCUT2D eigenvalue weighted by molar-refractivity contribution is 7.15. The Bertz CT molecular complexity index is 482. The Morgan fingerprint density at radius 3 is 2.86 bits per heavy atom. The van der Waals surface area contributed by atoms with Crippen LogP contribution >= 0.6 is 11.3 Å². The first-order valence-corrected chi connectivity index (χ1v) is 8.90. The lowest BCUT2D eigenvalue weighted by molar-refractivity contribution is 0.199. The first kappa shape index (κ1) is 15.3. The molecule has 2 aliphatic rings. The summed E-state index contributed by atoms with van der Waals surface area (Å²) in [4.78, 5) is 8.97. The van der Waals surface area contributed by atoms with Gasteiger partial charge < -0.3 is 15.0 Å². The topological polar surface area (TPSA) is 37.4 Å². The number of aromatic nitrogens is 1. The fourth-order valence-corrected chi connectivity index (χ4v) is 4.41. The van der Waals surface area contributed by atoms with Crippen LogP contribution in [-0.2, 0) is 11.3 Å². The minimum absolute atomic E-state index is 0.263. The molecule has 1 aromatic heterocycles. The van der Waals surface area contributed by atoms with Crippen LogP contribution in [0.15, 0.2) is 0 Å². The highest BCUT2D eigenvalue weighted by Gasteiger charge is 2.36. The van der Waals surface area contributed by atoms with Crippen molar-refractivity contribution in [2.45, 2.75) is 57.5 Å². The van der Waals surface area contributed by atoms with Crippen LogP contribution in [0.25, 0.3) is 0 Å². The third-order valence-electron chi connectivity index (χ3n) is 4.58. The summed E-state index contributed by atoms with van der Waals surface area (Å²) < 4.78 is 5.10. The molecule has 1 aliphatic heterocycles. The summed E-state index contributed by atoms with van der Waals surface area (Å²) >= 11 is 1.90. The normalized spacial score (nSPS) is 21.2. The summed E-state index contributed by atoms with van der Waals surface area (Å²) in [5.74, 6) is 0.722. The average molecular weight is 309 g/mol. The van der Waals surface area contributed by atoms with E-state index in [0.717, 1.165) is 32.2 Å². The number of nitrogens with one attached hydrogen (secondary N) is 1. The Morgan fingerprint density at radius 2 is 2.24 bits per heavy atom. The molecule has 0 atom stereocenters. The molecule has 1 N–H and O–H groups in total. The van der Waals surface area contributed by atoms with Crippen LogP contribution in [0.3, 0.4) is 0 Å². The first-order chi connectivity index (χ1) is 10.1. The quantitative estimate of drug-likeness (QED) is 0.785. The summed E-state index contributed by atoms with van der Waals surface area (Å²) in [5.41, 5.74) is 1.63. The van der Waals surface area contributed by atoms with Crippen LogP contribution in [0.4, 0.5) is 5.13 Å². The van der Waals surface area contributed by atoms with E-state index in [1.807, 2.05) is 11.3 Å². The lowest BCUT2D eigenvalue weighted by atomic mass is 10.0. The van der Waals surface area contributed by atoms with Gasteiger partial charge in [-0.1, -0.05) is 0 Å². The van der Waals surface area contributed by atoms with Crippen LogP contribution in [0.2, 0.25) is 0 Å². The molecule has 0 amide bonds. The Balaban J connectivity index is 1.73. The Kier molecular flexibility index (Phi) is 4.52. The Morgan fingerprint density at radius 1 is 1.43 bits per heavy atom. The fraction of sp³-hybridized carbons (Fsp3) is 0.812. The van der Waals surface area contributed by atoms with Gasteiger partial charge in [-0.15, -0.1) is 11.3 Å². The van der Waals surface area contributed by atoms with E-state index in [0.29, 0.717) is 0 Å². The van der Waals surface area contributed by atoms with Crippen LogP contribution in [0.5, 0.6) is 0 Å². The van der Waals surface area contributed by atoms with Gasteiger partial charge in [0.05, 0.1) is 12.3 Å². The predicted octanol–water partition coefficient (Wildman–Crippen LogP) is 3.14. The van der Waals surface area contributed by atoms with Gasteiger partial charge in [-0.05, 0) is 39.5 Å². The highest BCUT2D eigenvalue weighted by atomic mass is 32.1. The van der Waals surface area contributed by atoms with Crippen molar-refractivity contribution in [1.29, 1.82) is 0 Å². The van der Waals surface area contributed by atoms with E-state index in [1.165, 1.54) is 41.4 Å². The zero-order chi connectivity index (χ0) is 14.9. The number of rotatable bonds is 7. The van der Waals surface area contributed by atoms with E-state index in [-0.39, 0.29) is 5.54 Å². The van der Waals surface area contributed by atoms with Gasteiger partial charge in [0.1, 0.15) is 0 Å². The highest BCUT2D eigenvalue weighted by Crippen LogP contribution is 2.45. The number of nitrogens with zero attached hydrogens (tertiary/aromatic N) is 2. The Hall–Kier alpha value is -0.650. The lowest BCUT2D eigenvalue weighted by Crippen LogP contribution is -2.38. The van der Waals surface area contributed by atoms with Crippen molar-refractivity contribution in [1.82, 2.24) is 10.3 Å². The smallest absolute Gasteiger partial charge is 0.186 e. The minimum Gasteiger partial charge on any atom is -0.383 e. The second-order valence-electron chi connectivity index (χ2n) is 6.82. The van der Waals surface area contributed by atoms with E-state index in [4.69, 9.17) is 9.72 Å². The summed E-state index contributed by atoms with van der Waals surface area (Å²) in [6.07, 6.45) is 5.19. The van der Waals surface area contributed by atoms with Gasteiger partial charge >= 0.3 is 0 Å². The molecular formula is C16H27N3OS. The van der Waals surface area contributed by atoms with Gasteiger partial charge in [-0.25, -0.2) is 4.98 Å². The van der Waals surface area contributed by atoms with Gasteiger partial charge in [0.15, 0.2) is 5.13 Å². The maximum atomic E-state index is 5.10. The molecule has 2 fully saturated rings. The molecule has 5 heteroatoms. The molecule has 21 heavy (non-hydrogen) atoms. The molecule has 3 rings (SSSR count). The van der Waals surface area contributed by atoms with Crippen LogP contribution < -0.4 is 10.2 Å². The number of methoxy groups -OCH3 is 1. The molecule has 0 spiro atoms. The van der Waals surface area contributed by atoms with Gasteiger partial charge in [-0.2, -0.15) is 0 Å². The van der Waals surface area contributed by atoms with Gasteiger partial charge in [0.2, 0.25) is 0 Å². The molecule has 2 heterocycles. The maximum Gasteiger partial charge on any atom is 0.186 e. The molecular weight excluding hydrogens is 282 g/mol. The molecule has 4 nitrogen and oxygen atoms in total. The van der Waals surface area contributed by atoms with Gasteiger partial charge in [0.25, 0.3) is 0 Å². The van der Waals surface area contributed by atoms with E-state index >= 15 is 0 Å². The zero-order valence-electron chi connectivity index (χ0n) is 13.4. The summed E-state index contributed by atoms with van der Waals surface area (Å²) in [7, 11) is 1.75. The average Bonchev–Trinajstić information content (AvgIpc) is 3.11. The number of hydrogen-bond acceptors (Lipinski definition) is 5. The molecule has 0 aromatic carbocycles. The molecule has 0 bridgehead atoms. The molecule has 118 valence electrons. The molecule has 0 unspecified atom stereocenters. The SMILES string of the molecule is COCCNCc1sc(N2CCCC2(C)C)nc1C1CC1.